The van der Waals surface area contributed by atoms with Gasteiger partial charge in [-0.3, -0.25) is 9.59 Å². The number of hydrogen-bond acceptors (Lipinski definition) is 4. The average molecular weight is 419 g/mol. The fourth-order valence-corrected chi connectivity index (χ4v) is 3.25. The first-order valence-electron chi connectivity index (χ1n) is 9.33. The third-order valence-electron chi connectivity index (χ3n) is 4.10. The van der Waals surface area contributed by atoms with E-state index in [1.807, 2.05) is 36.6 Å². The number of nitrogens with one attached hydrogen (secondary N) is 2. The highest BCUT2D eigenvalue weighted by Gasteiger charge is 2.15. The number of carbonyl (C=O) groups excluding carboxylic acids is 2. The topological polar surface area (TPSA) is 67.4 Å². The number of carbonyl (C=O) groups is 2. The summed E-state index contributed by atoms with van der Waals surface area (Å²) >= 11 is 1.47. The fraction of sp³-hybridized carbons (Fsp3) is 0.0833. The number of aryl methyl sites for hydroxylation is 1. The summed E-state index contributed by atoms with van der Waals surface area (Å²) in [6.07, 6.45) is 3.30. The van der Waals surface area contributed by atoms with Gasteiger partial charge < -0.3 is 15.4 Å². The lowest BCUT2D eigenvalue weighted by Crippen LogP contribution is -2.30. The molecule has 6 heteroatoms. The summed E-state index contributed by atoms with van der Waals surface area (Å²) in [6.45, 7) is 5.94. The lowest BCUT2D eigenvalue weighted by atomic mass is 10.1. The van der Waals surface area contributed by atoms with Gasteiger partial charge in [0.15, 0.2) is 0 Å². The molecular formula is C24H22N2O3S. The van der Waals surface area contributed by atoms with Crippen molar-refractivity contribution in [1.82, 2.24) is 5.32 Å². The van der Waals surface area contributed by atoms with Gasteiger partial charge in [-0.1, -0.05) is 42.5 Å². The molecule has 3 rings (SSSR count). The van der Waals surface area contributed by atoms with E-state index in [2.05, 4.69) is 17.2 Å². The molecule has 0 spiro atoms. The van der Waals surface area contributed by atoms with Gasteiger partial charge in [0.25, 0.3) is 11.8 Å². The number of amides is 2. The highest BCUT2D eigenvalue weighted by Crippen LogP contribution is 2.19. The SMILES string of the molecule is C=CCOc1cccc(NC(=O)/C(=C/c2cccs2)NC(=O)c2ccc(C)cc2)c1. The van der Waals surface area contributed by atoms with Crippen LogP contribution in [0.15, 0.2) is 84.4 Å². The van der Waals surface area contributed by atoms with Crippen LogP contribution in [-0.2, 0) is 4.79 Å². The fourth-order valence-electron chi connectivity index (χ4n) is 2.59. The molecule has 0 saturated heterocycles. The van der Waals surface area contributed by atoms with Gasteiger partial charge in [-0.15, -0.1) is 11.3 Å². The van der Waals surface area contributed by atoms with Gasteiger partial charge in [0.1, 0.15) is 18.1 Å². The number of hydrogen-bond donors (Lipinski definition) is 2. The summed E-state index contributed by atoms with van der Waals surface area (Å²) in [5.74, 6) is -0.166. The largest absolute Gasteiger partial charge is 0.489 e. The number of thiophene rings is 1. The Labute approximate surface area is 179 Å². The van der Waals surface area contributed by atoms with E-state index >= 15 is 0 Å². The Morgan fingerprint density at radius 2 is 1.90 bits per heavy atom. The maximum Gasteiger partial charge on any atom is 0.272 e. The van der Waals surface area contributed by atoms with Crippen LogP contribution in [0.25, 0.3) is 6.08 Å². The van der Waals surface area contributed by atoms with Gasteiger partial charge in [0.05, 0.1) is 0 Å². The molecule has 0 aliphatic rings. The molecule has 30 heavy (non-hydrogen) atoms. The minimum absolute atomic E-state index is 0.153. The Bertz CT molecular complexity index is 1050. The van der Waals surface area contributed by atoms with E-state index in [0.29, 0.717) is 23.6 Å². The first-order valence-corrected chi connectivity index (χ1v) is 10.2. The molecule has 0 bridgehead atoms. The highest BCUT2D eigenvalue weighted by molar-refractivity contribution is 7.10. The van der Waals surface area contributed by atoms with Crippen LogP contribution in [0.5, 0.6) is 5.75 Å². The van der Waals surface area contributed by atoms with E-state index in [-0.39, 0.29) is 11.6 Å². The van der Waals surface area contributed by atoms with E-state index in [9.17, 15) is 9.59 Å². The molecule has 0 saturated carbocycles. The molecule has 0 aliphatic carbocycles. The highest BCUT2D eigenvalue weighted by atomic mass is 32.1. The van der Waals surface area contributed by atoms with Gasteiger partial charge in [-0.2, -0.15) is 0 Å². The standard InChI is InChI=1S/C24H22N2O3S/c1-3-13-29-20-7-4-6-19(15-20)25-24(28)22(16-21-8-5-14-30-21)26-23(27)18-11-9-17(2)10-12-18/h3-12,14-16H,1,13H2,2H3,(H,25,28)(H,26,27)/b22-16-. The normalized spacial score (nSPS) is 10.9. The minimum atomic E-state index is -0.426. The molecule has 2 amide bonds. The summed E-state index contributed by atoms with van der Waals surface area (Å²) < 4.78 is 5.50. The van der Waals surface area contributed by atoms with E-state index in [4.69, 9.17) is 4.74 Å². The number of benzene rings is 2. The smallest absolute Gasteiger partial charge is 0.272 e. The Morgan fingerprint density at radius 1 is 1.10 bits per heavy atom. The summed E-state index contributed by atoms with van der Waals surface area (Å²) in [5, 5.41) is 7.45. The predicted molar refractivity (Wildman–Crippen MR) is 122 cm³/mol. The predicted octanol–water partition coefficient (Wildman–Crippen LogP) is 5.03. The molecule has 2 aromatic carbocycles. The zero-order valence-electron chi connectivity index (χ0n) is 16.6. The first-order chi connectivity index (χ1) is 14.5. The molecule has 0 unspecified atom stereocenters. The molecule has 0 radical (unpaired) electrons. The van der Waals surface area contributed by atoms with Crippen molar-refractivity contribution in [2.75, 3.05) is 11.9 Å². The Balaban J connectivity index is 1.80. The van der Waals surface area contributed by atoms with Crippen LogP contribution < -0.4 is 15.4 Å². The van der Waals surface area contributed by atoms with Crippen molar-refractivity contribution in [1.29, 1.82) is 0 Å². The van der Waals surface area contributed by atoms with E-state index in [1.165, 1.54) is 11.3 Å². The number of rotatable bonds is 8. The van der Waals surface area contributed by atoms with Gasteiger partial charge in [0.2, 0.25) is 0 Å². The summed E-state index contributed by atoms with van der Waals surface area (Å²) in [6, 6.07) is 18.0. The van der Waals surface area contributed by atoms with Crippen molar-refractivity contribution in [3.63, 3.8) is 0 Å². The van der Waals surface area contributed by atoms with Crippen LogP contribution in [0.1, 0.15) is 20.8 Å². The quantitative estimate of drug-likeness (QED) is 0.398. The van der Waals surface area contributed by atoms with Gasteiger partial charge in [-0.25, -0.2) is 0 Å². The Hall–Kier alpha value is -3.64. The van der Waals surface area contributed by atoms with Crippen molar-refractivity contribution >= 4 is 34.9 Å². The van der Waals surface area contributed by atoms with Crippen LogP contribution in [0.2, 0.25) is 0 Å². The third-order valence-corrected chi connectivity index (χ3v) is 4.92. The van der Waals surface area contributed by atoms with Crippen molar-refractivity contribution in [3.05, 3.63) is 100 Å². The van der Waals surface area contributed by atoms with Gasteiger partial charge >= 0.3 is 0 Å². The average Bonchev–Trinajstić information content (AvgIpc) is 3.25. The molecule has 0 atom stereocenters. The summed E-state index contributed by atoms with van der Waals surface area (Å²) in [4.78, 5) is 26.5. The van der Waals surface area contributed by atoms with Crippen LogP contribution in [0.3, 0.4) is 0 Å². The summed E-state index contributed by atoms with van der Waals surface area (Å²) in [7, 11) is 0. The Morgan fingerprint density at radius 3 is 2.60 bits per heavy atom. The molecule has 0 aliphatic heterocycles. The van der Waals surface area contributed by atoms with Gasteiger partial charge in [-0.05, 0) is 48.7 Å². The molecule has 3 aromatic rings. The van der Waals surface area contributed by atoms with E-state index < -0.39 is 5.91 Å². The summed E-state index contributed by atoms with van der Waals surface area (Å²) in [5.41, 5.74) is 2.24. The third kappa shape index (κ3) is 5.93. The molecule has 1 heterocycles. The maximum atomic E-state index is 12.9. The molecular weight excluding hydrogens is 396 g/mol. The van der Waals surface area contributed by atoms with E-state index in [1.54, 1.807) is 48.6 Å². The number of ether oxygens (including phenoxy) is 1. The second-order valence-electron chi connectivity index (χ2n) is 6.48. The molecule has 1 aromatic heterocycles. The second kappa shape index (κ2) is 10.2. The molecule has 5 nitrogen and oxygen atoms in total. The Kier molecular flexibility index (Phi) is 7.19. The molecule has 2 N–H and O–H groups in total. The lowest BCUT2D eigenvalue weighted by Gasteiger charge is -2.12. The van der Waals surface area contributed by atoms with Crippen molar-refractivity contribution in [3.8, 4) is 5.75 Å². The maximum absolute atomic E-state index is 12.9. The molecule has 152 valence electrons. The second-order valence-corrected chi connectivity index (χ2v) is 7.45. The van der Waals surface area contributed by atoms with Crippen molar-refractivity contribution in [2.24, 2.45) is 0 Å². The van der Waals surface area contributed by atoms with E-state index in [0.717, 1.165) is 10.4 Å². The van der Waals surface area contributed by atoms with Crippen molar-refractivity contribution < 1.29 is 14.3 Å². The van der Waals surface area contributed by atoms with Crippen LogP contribution in [0.4, 0.5) is 5.69 Å². The zero-order valence-corrected chi connectivity index (χ0v) is 17.4. The number of anilines is 1. The van der Waals surface area contributed by atoms with Crippen LogP contribution in [0, 0.1) is 6.92 Å². The first kappa shape index (κ1) is 21.1. The lowest BCUT2D eigenvalue weighted by molar-refractivity contribution is -0.113. The molecule has 0 fully saturated rings. The van der Waals surface area contributed by atoms with Crippen molar-refractivity contribution in [2.45, 2.75) is 6.92 Å². The van der Waals surface area contributed by atoms with Crippen LogP contribution >= 0.6 is 11.3 Å². The zero-order chi connectivity index (χ0) is 21.3. The van der Waals surface area contributed by atoms with Gasteiger partial charge in [0, 0.05) is 22.2 Å². The van der Waals surface area contributed by atoms with Crippen LogP contribution in [-0.4, -0.2) is 18.4 Å². The minimum Gasteiger partial charge on any atom is -0.489 e. The monoisotopic (exact) mass is 418 g/mol.